The molecule has 0 fully saturated rings. The van der Waals surface area contributed by atoms with Crippen LogP contribution >= 0.6 is 11.3 Å². The predicted octanol–water partition coefficient (Wildman–Crippen LogP) is 3.15. The zero-order valence-corrected chi connectivity index (χ0v) is 14.1. The van der Waals surface area contributed by atoms with Gasteiger partial charge in [-0.25, -0.2) is 12.8 Å². The van der Waals surface area contributed by atoms with Crippen molar-refractivity contribution in [2.45, 2.75) is 4.90 Å². The Labute approximate surface area is 142 Å². The van der Waals surface area contributed by atoms with Gasteiger partial charge < -0.3 is 4.74 Å². The monoisotopic (exact) mass is 365 g/mol. The summed E-state index contributed by atoms with van der Waals surface area (Å²) in [7, 11) is -2.74. The Hall–Kier alpha value is -2.52. The number of nitrogens with zero attached hydrogens (tertiary/aromatic N) is 2. The van der Waals surface area contributed by atoms with Crippen LogP contribution in [0.25, 0.3) is 10.6 Å². The zero-order valence-electron chi connectivity index (χ0n) is 12.4. The summed E-state index contributed by atoms with van der Waals surface area (Å²) < 4.78 is 45.6. The highest BCUT2D eigenvalue weighted by molar-refractivity contribution is 7.93. The standard InChI is InChI=1S/C15H12FN3O3S2/c1-22-12-8-7-11(16)9-13(12)24(20,21)19-15-18-17-14(23-15)10-5-3-2-4-6-10/h2-9H,1H3,(H,18,19). The van der Waals surface area contributed by atoms with Crippen LogP contribution in [0.15, 0.2) is 53.4 Å². The minimum atomic E-state index is -4.05. The molecular formula is C15H12FN3O3S2. The second-order valence-corrected chi connectivity index (χ2v) is 7.31. The number of sulfonamides is 1. The van der Waals surface area contributed by atoms with Crippen molar-refractivity contribution in [1.82, 2.24) is 10.2 Å². The van der Waals surface area contributed by atoms with E-state index in [4.69, 9.17) is 4.74 Å². The van der Waals surface area contributed by atoms with E-state index in [-0.39, 0.29) is 15.8 Å². The predicted molar refractivity (Wildman–Crippen MR) is 89.1 cm³/mol. The number of benzene rings is 2. The van der Waals surface area contributed by atoms with Gasteiger partial charge in [-0.15, -0.1) is 10.2 Å². The number of nitrogens with one attached hydrogen (secondary N) is 1. The first kappa shape index (κ1) is 16.3. The van der Waals surface area contributed by atoms with E-state index in [9.17, 15) is 12.8 Å². The summed E-state index contributed by atoms with van der Waals surface area (Å²) in [6, 6.07) is 12.5. The summed E-state index contributed by atoms with van der Waals surface area (Å²) in [6.07, 6.45) is 0. The fourth-order valence-corrected chi connectivity index (χ4v) is 4.15. The second-order valence-electron chi connectivity index (χ2n) is 4.68. The molecule has 0 aliphatic carbocycles. The number of methoxy groups -OCH3 is 1. The average Bonchev–Trinajstić information content (AvgIpc) is 3.03. The lowest BCUT2D eigenvalue weighted by Gasteiger charge is -2.09. The molecule has 3 aromatic rings. The number of anilines is 1. The minimum absolute atomic E-state index is 0.0386. The summed E-state index contributed by atoms with van der Waals surface area (Å²) in [5, 5.41) is 8.44. The van der Waals surface area contributed by atoms with E-state index in [0.29, 0.717) is 5.01 Å². The van der Waals surface area contributed by atoms with Crippen molar-refractivity contribution in [3.05, 3.63) is 54.3 Å². The van der Waals surface area contributed by atoms with Crippen molar-refractivity contribution in [3.63, 3.8) is 0 Å². The second kappa shape index (κ2) is 6.54. The van der Waals surface area contributed by atoms with Gasteiger partial charge in [0.15, 0.2) is 0 Å². The third-order valence-electron chi connectivity index (χ3n) is 3.08. The molecule has 0 saturated carbocycles. The van der Waals surface area contributed by atoms with Gasteiger partial charge in [0.1, 0.15) is 21.5 Å². The lowest BCUT2D eigenvalue weighted by atomic mass is 10.2. The van der Waals surface area contributed by atoms with Gasteiger partial charge in [-0.3, -0.25) is 4.72 Å². The smallest absolute Gasteiger partial charge is 0.267 e. The number of halogens is 1. The van der Waals surface area contributed by atoms with E-state index in [0.717, 1.165) is 29.0 Å². The average molecular weight is 365 g/mol. The van der Waals surface area contributed by atoms with Crippen molar-refractivity contribution in [1.29, 1.82) is 0 Å². The molecule has 124 valence electrons. The van der Waals surface area contributed by atoms with E-state index < -0.39 is 15.8 Å². The third kappa shape index (κ3) is 3.36. The Balaban J connectivity index is 1.91. The van der Waals surface area contributed by atoms with Crippen molar-refractivity contribution in [2.75, 3.05) is 11.8 Å². The number of rotatable bonds is 5. The Bertz CT molecular complexity index is 959. The lowest BCUT2D eigenvalue weighted by molar-refractivity contribution is 0.401. The van der Waals surface area contributed by atoms with Gasteiger partial charge in [0.2, 0.25) is 5.13 Å². The SMILES string of the molecule is COc1ccc(F)cc1S(=O)(=O)Nc1nnc(-c2ccccc2)s1. The third-order valence-corrected chi connectivity index (χ3v) is 5.46. The highest BCUT2D eigenvalue weighted by Gasteiger charge is 2.22. The molecule has 0 spiro atoms. The van der Waals surface area contributed by atoms with Crippen LogP contribution in [0.4, 0.5) is 9.52 Å². The topological polar surface area (TPSA) is 81.2 Å². The van der Waals surface area contributed by atoms with Crippen LogP contribution in [0.2, 0.25) is 0 Å². The Morgan fingerprint density at radius 2 is 1.88 bits per heavy atom. The van der Waals surface area contributed by atoms with Crippen LogP contribution in [0.5, 0.6) is 5.75 Å². The van der Waals surface area contributed by atoms with Gasteiger partial charge in [0.05, 0.1) is 7.11 Å². The Morgan fingerprint density at radius 1 is 1.12 bits per heavy atom. The molecule has 0 amide bonds. The fraction of sp³-hybridized carbons (Fsp3) is 0.0667. The molecular weight excluding hydrogens is 353 g/mol. The summed E-state index contributed by atoms with van der Waals surface area (Å²) in [5.74, 6) is -0.643. The van der Waals surface area contributed by atoms with Crippen LogP contribution in [0.1, 0.15) is 0 Å². The normalized spacial score (nSPS) is 11.2. The van der Waals surface area contributed by atoms with Crippen LogP contribution < -0.4 is 9.46 Å². The summed E-state index contributed by atoms with van der Waals surface area (Å²) in [5.41, 5.74) is 0.823. The van der Waals surface area contributed by atoms with Crippen LogP contribution in [0.3, 0.4) is 0 Å². The van der Waals surface area contributed by atoms with Crippen LogP contribution in [-0.2, 0) is 10.0 Å². The maximum atomic E-state index is 13.4. The van der Waals surface area contributed by atoms with Crippen LogP contribution in [0, 0.1) is 5.82 Å². The lowest BCUT2D eigenvalue weighted by Crippen LogP contribution is -2.14. The molecule has 0 bridgehead atoms. The molecule has 0 atom stereocenters. The van der Waals surface area contributed by atoms with E-state index in [1.807, 2.05) is 30.3 Å². The number of hydrogen-bond acceptors (Lipinski definition) is 6. The summed E-state index contributed by atoms with van der Waals surface area (Å²) >= 11 is 1.08. The van der Waals surface area contributed by atoms with Crippen LogP contribution in [-0.4, -0.2) is 25.7 Å². The summed E-state index contributed by atoms with van der Waals surface area (Å²) in [4.78, 5) is -0.304. The molecule has 0 aliphatic rings. The molecule has 0 aliphatic heterocycles. The van der Waals surface area contributed by atoms with E-state index in [1.54, 1.807) is 0 Å². The van der Waals surface area contributed by atoms with Crippen molar-refractivity contribution in [2.24, 2.45) is 0 Å². The van der Waals surface area contributed by atoms with E-state index in [2.05, 4.69) is 14.9 Å². The van der Waals surface area contributed by atoms with Gasteiger partial charge in [-0.1, -0.05) is 41.7 Å². The maximum Gasteiger partial charge on any atom is 0.267 e. The molecule has 0 saturated heterocycles. The number of ether oxygens (including phenoxy) is 1. The molecule has 1 heterocycles. The molecule has 3 rings (SSSR count). The minimum Gasteiger partial charge on any atom is -0.495 e. The van der Waals surface area contributed by atoms with Crippen molar-refractivity contribution >= 4 is 26.5 Å². The van der Waals surface area contributed by atoms with Gasteiger partial charge in [0, 0.05) is 5.56 Å². The highest BCUT2D eigenvalue weighted by Crippen LogP contribution is 2.30. The van der Waals surface area contributed by atoms with Gasteiger partial charge in [-0.05, 0) is 18.2 Å². The quantitative estimate of drug-likeness (QED) is 0.751. The van der Waals surface area contributed by atoms with E-state index in [1.165, 1.54) is 13.2 Å². The number of aromatic nitrogens is 2. The largest absolute Gasteiger partial charge is 0.495 e. The molecule has 1 N–H and O–H groups in total. The summed E-state index contributed by atoms with van der Waals surface area (Å²) in [6.45, 7) is 0. The number of hydrogen-bond donors (Lipinski definition) is 1. The van der Waals surface area contributed by atoms with Crippen molar-refractivity contribution < 1.29 is 17.5 Å². The molecule has 9 heteroatoms. The van der Waals surface area contributed by atoms with Gasteiger partial charge >= 0.3 is 0 Å². The van der Waals surface area contributed by atoms with E-state index >= 15 is 0 Å². The first-order valence-electron chi connectivity index (χ1n) is 6.75. The molecule has 2 aromatic carbocycles. The van der Waals surface area contributed by atoms with Crippen molar-refractivity contribution in [3.8, 4) is 16.3 Å². The molecule has 6 nitrogen and oxygen atoms in total. The molecule has 0 unspecified atom stereocenters. The fourth-order valence-electron chi connectivity index (χ4n) is 1.99. The first-order valence-corrected chi connectivity index (χ1v) is 9.05. The molecule has 0 radical (unpaired) electrons. The Morgan fingerprint density at radius 3 is 2.58 bits per heavy atom. The highest BCUT2D eigenvalue weighted by atomic mass is 32.2. The Kier molecular flexibility index (Phi) is 4.45. The van der Waals surface area contributed by atoms with Gasteiger partial charge in [-0.2, -0.15) is 0 Å². The molecule has 24 heavy (non-hydrogen) atoms. The first-order chi connectivity index (χ1) is 11.5. The zero-order chi connectivity index (χ0) is 17.2. The molecule has 1 aromatic heterocycles. The van der Waals surface area contributed by atoms with Gasteiger partial charge in [0.25, 0.3) is 10.0 Å². The maximum absolute atomic E-state index is 13.4.